The van der Waals surface area contributed by atoms with Crippen LogP contribution in [0.3, 0.4) is 0 Å². The number of β-amino-alcohol motifs (C(OH)–C–C–N with tert-alkyl or cyclic N) is 1. The zero-order valence-electron chi connectivity index (χ0n) is 18.0. The summed E-state index contributed by atoms with van der Waals surface area (Å²) in [4.78, 5) is 12.5. The van der Waals surface area contributed by atoms with Crippen LogP contribution in [0.5, 0.6) is 0 Å². The number of aliphatic hydroxyl groups is 1. The average molecular weight is 487 g/mol. The number of ether oxygens (including phenoxy) is 2. The molecule has 1 aliphatic carbocycles. The molecular formula is C22H31ClN2O6S. The highest BCUT2D eigenvalue weighted by Crippen LogP contribution is 2.32. The van der Waals surface area contributed by atoms with Gasteiger partial charge in [0.2, 0.25) is 15.9 Å². The minimum Gasteiger partial charge on any atom is -0.389 e. The number of hydrogen-bond donors (Lipinski definition) is 2. The van der Waals surface area contributed by atoms with Gasteiger partial charge in [0.05, 0.1) is 48.9 Å². The van der Waals surface area contributed by atoms with Crippen molar-refractivity contribution in [2.75, 3.05) is 19.8 Å². The maximum absolute atomic E-state index is 13.5. The van der Waals surface area contributed by atoms with E-state index in [1.807, 2.05) is 0 Å². The molecule has 10 heteroatoms. The maximum atomic E-state index is 13.5. The van der Waals surface area contributed by atoms with E-state index in [0.717, 1.165) is 25.7 Å². The minimum atomic E-state index is -3.91. The van der Waals surface area contributed by atoms with Crippen LogP contribution < -0.4 is 5.32 Å². The Hall–Kier alpha value is -1.23. The van der Waals surface area contributed by atoms with Crippen molar-refractivity contribution >= 4 is 27.5 Å². The fraction of sp³-hybridized carbons (Fsp3) is 0.682. The van der Waals surface area contributed by atoms with Crippen LogP contribution in [0.25, 0.3) is 0 Å². The van der Waals surface area contributed by atoms with Crippen LogP contribution in [0, 0.1) is 0 Å². The van der Waals surface area contributed by atoms with Gasteiger partial charge in [0.25, 0.3) is 0 Å². The lowest BCUT2D eigenvalue weighted by Crippen LogP contribution is -2.57. The van der Waals surface area contributed by atoms with E-state index in [0.29, 0.717) is 17.9 Å². The SMILES string of the molecule is O=C(C[C@H]1CC[C@@H]2[C@H](COC[C@@H](O)CN2S(=O)(=O)c2cccc(Cl)c2)O1)NC1CCCC1. The van der Waals surface area contributed by atoms with Crippen molar-refractivity contribution < 1.29 is 27.8 Å². The molecule has 32 heavy (non-hydrogen) atoms. The van der Waals surface area contributed by atoms with Gasteiger partial charge in [-0.3, -0.25) is 4.79 Å². The van der Waals surface area contributed by atoms with Crippen LogP contribution in [-0.4, -0.2) is 73.9 Å². The maximum Gasteiger partial charge on any atom is 0.243 e. The highest BCUT2D eigenvalue weighted by Gasteiger charge is 2.43. The van der Waals surface area contributed by atoms with Crippen molar-refractivity contribution in [2.24, 2.45) is 0 Å². The van der Waals surface area contributed by atoms with Gasteiger partial charge in [-0.1, -0.05) is 30.5 Å². The molecule has 1 saturated carbocycles. The van der Waals surface area contributed by atoms with Crippen LogP contribution in [-0.2, 0) is 24.3 Å². The lowest BCUT2D eigenvalue weighted by Gasteiger charge is -2.43. The number of hydrogen-bond acceptors (Lipinski definition) is 6. The number of carbonyl (C=O) groups is 1. The Bertz CT molecular complexity index is 907. The number of sulfonamides is 1. The monoisotopic (exact) mass is 486 g/mol. The molecule has 3 aliphatic rings. The molecule has 2 aliphatic heterocycles. The molecule has 1 aromatic carbocycles. The van der Waals surface area contributed by atoms with Crippen LogP contribution in [0.1, 0.15) is 44.9 Å². The number of carbonyl (C=O) groups excluding carboxylic acids is 1. The van der Waals surface area contributed by atoms with Gasteiger partial charge in [0.1, 0.15) is 0 Å². The van der Waals surface area contributed by atoms with Gasteiger partial charge in [-0.15, -0.1) is 0 Å². The van der Waals surface area contributed by atoms with Crippen molar-refractivity contribution in [1.29, 1.82) is 0 Å². The van der Waals surface area contributed by atoms with Gasteiger partial charge in [0, 0.05) is 17.6 Å². The van der Waals surface area contributed by atoms with Gasteiger partial charge in [-0.2, -0.15) is 4.31 Å². The Morgan fingerprint density at radius 2 is 1.97 bits per heavy atom. The highest BCUT2D eigenvalue weighted by atomic mass is 35.5. The third kappa shape index (κ3) is 5.63. The summed E-state index contributed by atoms with van der Waals surface area (Å²) < 4.78 is 40.0. The Morgan fingerprint density at radius 1 is 1.19 bits per heavy atom. The molecule has 1 amide bonds. The first-order chi connectivity index (χ1) is 15.3. The molecule has 2 N–H and O–H groups in total. The van der Waals surface area contributed by atoms with Crippen molar-refractivity contribution in [2.45, 2.75) is 80.2 Å². The molecule has 0 spiro atoms. The van der Waals surface area contributed by atoms with Crippen molar-refractivity contribution in [3.8, 4) is 0 Å². The van der Waals surface area contributed by atoms with E-state index in [4.69, 9.17) is 21.1 Å². The average Bonchev–Trinajstić information content (AvgIpc) is 3.24. The summed E-state index contributed by atoms with van der Waals surface area (Å²) in [7, 11) is -3.91. The van der Waals surface area contributed by atoms with E-state index in [1.54, 1.807) is 12.1 Å². The van der Waals surface area contributed by atoms with Crippen LogP contribution in [0.4, 0.5) is 0 Å². The molecular weight excluding hydrogens is 456 g/mol. The van der Waals surface area contributed by atoms with Gasteiger partial charge in [-0.05, 0) is 43.9 Å². The Kier molecular flexibility index (Phi) is 7.74. The van der Waals surface area contributed by atoms with Crippen LogP contribution in [0.15, 0.2) is 29.2 Å². The predicted molar refractivity (Wildman–Crippen MR) is 119 cm³/mol. The summed E-state index contributed by atoms with van der Waals surface area (Å²) in [6, 6.07) is 5.87. The second-order valence-corrected chi connectivity index (χ2v) is 11.2. The topological polar surface area (TPSA) is 105 Å². The number of rotatable bonds is 5. The van der Waals surface area contributed by atoms with E-state index in [2.05, 4.69) is 5.32 Å². The lowest BCUT2D eigenvalue weighted by molar-refractivity contribution is -0.146. The number of nitrogens with one attached hydrogen (secondary N) is 1. The number of amides is 1. The number of halogens is 1. The standard InChI is InChI=1S/C22H31ClN2O6S/c23-15-4-3-7-19(10-15)32(28,29)25-12-17(26)13-30-14-21-20(25)9-8-18(31-21)11-22(27)24-16-5-1-2-6-16/h3-4,7,10,16-18,20-21,26H,1-2,5-6,8-9,11-14H2,(H,24,27)/t17-,18+,20+,21-/m0/s1. The number of benzene rings is 1. The molecule has 0 unspecified atom stereocenters. The van der Waals surface area contributed by atoms with E-state index < -0.39 is 28.3 Å². The van der Waals surface area contributed by atoms with E-state index >= 15 is 0 Å². The fourth-order valence-electron chi connectivity index (χ4n) is 4.90. The molecule has 4 rings (SSSR count). The van der Waals surface area contributed by atoms with E-state index in [1.165, 1.54) is 16.4 Å². The number of fused-ring (bicyclic) bond motifs is 1. The summed E-state index contributed by atoms with van der Waals surface area (Å²) in [5.74, 6) is -0.0223. The first kappa shape index (κ1) is 23.9. The molecule has 2 saturated heterocycles. The van der Waals surface area contributed by atoms with Gasteiger partial charge in [-0.25, -0.2) is 8.42 Å². The molecule has 3 fully saturated rings. The van der Waals surface area contributed by atoms with Crippen molar-refractivity contribution in [1.82, 2.24) is 9.62 Å². The summed E-state index contributed by atoms with van der Waals surface area (Å²) in [5.41, 5.74) is 0. The Labute approximate surface area is 194 Å². The van der Waals surface area contributed by atoms with Crippen molar-refractivity contribution in [3.63, 3.8) is 0 Å². The number of nitrogens with zero attached hydrogens (tertiary/aromatic N) is 1. The molecule has 2 heterocycles. The highest BCUT2D eigenvalue weighted by molar-refractivity contribution is 7.89. The molecule has 4 atom stereocenters. The normalized spacial score (nSPS) is 30.3. The molecule has 0 bridgehead atoms. The zero-order chi connectivity index (χ0) is 22.7. The third-order valence-corrected chi connectivity index (χ3v) is 8.59. The first-order valence-corrected chi connectivity index (χ1v) is 13.1. The molecule has 8 nitrogen and oxygen atoms in total. The smallest absolute Gasteiger partial charge is 0.243 e. The van der Waals surface area contributed by atoms with Crippen LogP contribution in [0.2, 0.25) is 5.02 Å². The largest absolute Gasteiger partial charge is 0.389 e. The number of aliphatic hydroxyl groups excluding tert-OH is 1. The summed E-state index contributed by atoms with van der Waals surface area (Å²) >= 11 is 6.03. The Balaban J connectivity index is 1.48. The summed E-state index contributed by atoms with van der Waals surface area (Å²) in [6.07, 6.45) is 3.91. The van der Waals surface area contributed by atoms with Crippen LogP contribution >= 0.6 is 11.6 Å². The molecule has 0 radical (unpaired) electrons. The summed E-state index contributed by atoms with van der Waals surface area (Å²) in [6.45, 7) is 0.0806. The molecule has 1 aromatic rings. The fourth-order valence-corrected chi connectivity index (χ4v) is 6.92. The third-order valence-electron chi connectivity index (χ3n) is 6.47. The van der Waals surface area contributed by atoms with Gasteiger partial charge >= 0.3 is 0 Å². The lowest BCUT2D eigenvalue weighted by atomic mass is 9.96. The second kappa shape index (κ2) is 10.4. The van der Waals surface area contributed by atoms with Crippen molar-refractivity contribution in [3.05, 3.63) is 29.3 Å². The predicted octanol–water partition coefficient (Wildman–Crippen LogP) is 2.09. The van der Waals surface area contributed by atoms with Gasteiger partial charge in [0.15, 0.2) is 0 Å². The first-order valence-electron chi connectivity index (χ1n) is 11.3. The molecule has 178 valence electrons. The molecule has 0 aromatic heterocycles. The summed E-state index contributed by atoms with van der Waals surface area (Å²) in [5, 5.41) is 13.7. The van der Waals surface area contributed by atoms with E-state index in [-0.39, 0.29) is 49.1 Å². The zero-order valence-corrected chi connectivity index (χ0v) is 19.6. The van der Waals surface area contributed by atoms with Gasteiger partial charge < -0.3 is 19.9 Å². The quantitative estimate of drug-likeness (QED) is 0.660. The Morgan fingerprint density at radius 3 is 2.72 bits per heavy atom. The second-order valence-electron chi connectivity index (χ2n) is 8.92. The minimum absolute atomic E-state index is 0.0149. The van der Waals surface area contributed by atoms with E-state index in [9.17, 15) is 18.3 Å².